The average molecular weight is 410 g/mol. The van der Waals surface area contributed by atoms with Crippen molar-refractivity contribution in [1.29, 1.82) is 0 Å². The Labute approximate surface area is 165 Å². The van der Waals surface area contributed by atoms with Crippen LogP contribution >= 0.6 is 0 Å². The zero-order valence-electron chi connectivity index (χ0n) is 16.3. The second kappa shape index (κ2) is 8.57. The van der Waals surface area contributed by atoms with Gasteiger partial charge in [-0.3, -0.25) is 14.6 Å². The molecule has 2 fully saturated rings. The predicted octanol–water partition coefficient (Wildman–Crippen LogP) is 0.481. The van der Waals surface area contributed by atoms with Crippen LogP contribution in [0.15, 0.2) is 24.4 Å². The van der Waals surface area contributed by atoms with E-state index < -0.39 is 15.9 Å². The van der Waals surface area contributed by atoms with E-state index in [-0.39, 0.29) is 36.0 Å². The van der Waals surface area contributed by atoms with E-state index in [2.05, 4.69) is 4.98 Å². The van der Waals surface area contributed by atoms with Crippen molar-refractivity contribution in [2.75, 3.05) is 32.1 Å². The number of nitrogens with zero attached hydrogens (tertiary/aromatic N) is 3. The molecule has 0 N–H and O–H groups in total. The Morgan fingerprint density at radius 3 is 2.82 bits per heavy atom. The zero-order chi connectivity index (χ0) is 20.3. The summed E-state index contributed by atoms with van der Waals surface area (Å²) in [6.07, 6.45) is 3.56. The molecule has 2 aliphatic heterocycles. The summed E-state index contributed by atoms with van der Waals surface area (Å²) in [5.74, 6) is -0.142. The molecule has 28 heavy (non-hydrogen) atoms. The Kier molecular flexibility index (Phi) is 6.34. The van der Waals surface area contributed by atoms with Crippen LogP contribution in [0.1, 0.15) is 25.0 Å². The van der Waals surface area contributed by atoms with E-state index >= 15 is 0 Å². The Morgan fingerprint density at radius 1 is 1.36 bits per heavy atom. The molecule has 0 radical (unpaired) electrons. The molecule has 0 unspecified atom stereocenters. The third-order valence-electron chi connectivity index (χ3n) is 5.37. The molecule has 8 nitrogen and oxygen atoms in total. The summed E-state index contributed by atoms with van der Waals surface area (Å²) in [6.45, 7) is 1.42. The molecule has 3 rings (SSSR count). The molecule has 3 heterocycles. The zero-order valence-corrected chi connectivity index (χ0v) is 17.1. The second-order valence-corrected chi connectivity index (χ2v) is 9.94. The molecule has 154 valence electrons. The highest BCUT2D eigenvalue weighted by atomic mass is 32.2. The van der Waals surface area contributed by atoms with Gasteiger partial charge >= 0.3 is 0 Å². The van der Waals surface area contributed by atoms with Gasteiger partial charge < -0.3 is 14.5 Å². The first-order chi connectivity index (χ1) is 13.2. The number of fused-ring (bicyclic) bond motifs is 1. The van der Waals surface area contributed by atoms with Gasteiger partial charge in [0.2, 0.25) is 5.91 Å². The van der Waals surface area contributed by atoms with E-state index in [1.54, 1.807) is 23.0 Å². The molecular formula is C19H27N3O5S. The maximum Gasteiger partial charge on any atom is 0.251 e. The van der Waals surface area contributed by atoms with Crippen LogP contribution in [0.25, 0.3) is 0 Å². The predicted molar refractivity (Wildman–Crippen MR) is 103 cm³/mol. The van der Waals surface area contributed by atoms with Gasteiger partial charge in [-0.1, -0.05) is 6.07 Å². The fourth-order valence-electron chi connectivity index (χ4n) is 3.81. The van der Waals surface area contributed by atoms with E-state index in [0.717, 1.165) is 18.4 Å². The molecule has 1 aromatic heterocycles. The maximum absolute atomic E-state index is 12.7. The van der Waals surface area contributed by atoms with Crippen molar-refractivity contribution in [2.24, 2.45) is 5.92 Å². The van der Waals surface area contributed by atoms with Crippen molar-refractivity contribution in [3.63, 3.8) is 0 Å². The largest absolute Gasteiger partial charge is 0.363 e. The summed E-state index contributed by atoms with van der Waals surface area (Å²) in [5.41, 5.74) is 0.816. The SMILES string of the molecule is CN(Cc1ccccn1)C(=O)[C@H]1C[C@@H]2CCN(C(=O)CCS(C)(=O)=O)C[C@@H]2O1. The molecule has 0 saturated carbocycles. The summed E-state index contributed by atoms with van der Waals surface area (Å²) in [6, 6.07) is 5.59. The van der Waals surface area contributed by atoms with Crippen LogP contribution in [-0.4, -0.2) is 79.4 Å². The Balaban J connectivity index is 1.52. The molecule has 0 aromatic carbocycles. The van der Waals surface area contributed by atoms with Gasteiger partial charge in [0.05, 0.1) is 24.1 Å². The number of sulfone groups is 1. The van der Waals surface area contributed by atoms with Crippen LogP contribution in [0, 0.1) is 5.92 Å². The molecule has 2 saturated heterocycles. The lowest BCUT2D eigenvalue weighted by molar-refractivity contribution is -0.144. The van der Waals surface area contributed by atoms with E-state index in [1.807, 2.05) is 18.2 Å². The smallest absolute Gasteiger partial charge is 0.251 e. The van der Waals surface area contributed by atoms with Crippen LogP contribution in [0.3, 0.4) is 0 Å². The molecular weight excluding hydrogens is 382 g/mol. The highest BCUT2D eigenvalue weighted by molar-refractivity contribution is 7.90. The summed E-state index contributed by atoms with van der Waals surface area (Å²) < 4.78 is 28.5. The average Bonchev–Trinajstić information content (AvgIpc) is 3.08. The number of aromatic nitrogens is 1. The first-order valence-corrected chi connectivity index (χ1v) is 11.5. The monoisotopic (exact) mass is 409 g/mol. The topological polar surface area (TPSA) is 96.9 Å². The molecule has 9 heteroatoms. The van der Waals surface area contributed by atoms with Gasteiger partial charge in [0.1, 0.15) is 15.9 Å². The molecule has 2 amide bonds. The molecule has 0 aliphatic carbocycles. The van der Waals surface area contributed by atoms with Crippen molar-refractivity contribution in [1.82, 2.24) is 14.8 Å². The number of carbonyl (C=O) groups is 2. The summed E-state index contributed by atoms with van der Waals surface area (Å²) in [7, 11) is -1.43. The fourth-order valence-corrected chi connectivity index (χ4v) is 4.35. The van der Waals surface area contributed by atoms with E-state index in [0.29, 0.717) is 26.1 Å². The summed E-state index contributed by atoms with van der Waals surface area (Å²) in [5, 5.41) is 0. The first kappa shape index (κ1) is 20.7. The van der Waals surface area contributed by atoms with Crippen molar-refractivity contribution < 1.29 is 22.7 Å². The highest BCUT2D eigenvalue weighted by Gasteiger charge is 2.43. The lowest BCUT2D eigenvalue weighted by Crippen LogP contribution is -2.45. The summed E-state index contributed by atoms with van der Waals surface area (Å²) in [4.78, 5) is 32.6. The number of hydrogen-bond donors (Lipinski definition) is 0. The third-order valence-corrected chi connectivity index (χ3v) is 6.31. The highest BCUT2D eigenvalue weighted by Crippen LogP contribution is 2.34. The number of hydrogen-bond acceptors (Lipinski definition) is 6. The van der Waals surface area contributed by atoms with E-state index in [1.165, 1.54) is 0 Å². The number of pyridine rings is 1. The van der Waals surface area contributed by atoms with Gasteiger partial charge in [-0.25, -0.2) is 8.42 Å². The van der Waals surface area contributed by atoms with Crippen LogP contribution in [0.4, 0.5) is 0 Å². The number of ether oxygens (including phenoxy) is 1. The van der Waals surface area contributed by atoms with Gasteiger partial charge in [0, 0.05) is 39.0 Å². The Bertz CT molecular complexity index is 814. The molecule has 3 atom stereocenters. The lowest BCUT2D eigenvalue weighted by atomic mass is 9.91. The van der Waals surface area contributed by atoms with Crippen LogP contribution < -0.4 is 0 Å². The Morgan fingerprint density at radius 2 is 2.14 bits per heavy atom. The number of likely N-dealkylation sites (N-methyl/N-ethyl adjacent to an activating group) is 1. The van der Waals surface area contributed by atoms with Gasteiger partial charge in [0.25, 0.3) is 5.91 Å². The standard InChI is InChI=1S/C19H27N3O5S/c1-21(12-15-5-3-4-8-20-15)19(24)16-11-14-6-9-22(13-17(14)27-16)18(23)7-10-28(2,25)26/h3-5,8,14,16-17H,6-7,9-13H2,1-2H3/t14-,16+,17-/m0/s1. The third kappa shape index (κ3) is 5.29. The summed E-state index contributed by atoms with van der Waals surface area (Å²) >= 11 is 0. The maximum atomic E-state index is 12.7. The minimum Gasteiger partial charge on any atom is -0.363 e. The number of likely N-dealkylation sites (tertiary alicyclic amines) is 1. The van der Waals surface area contributed by atoms with Crippen LogP contribution in [0.2, 0.25) is 0 Å². The number of rotatable bonds is 6. The van der Waals surface area contributed by atoms with Gasteiger partial charge in [-0.05, 0) is 30.9 Å². The normalized spacial score (nSPS) is 24.6. The van der Waals surface area contributed by atoms with Gasteiger partial charge in [0.15, 0.2) is 0 Å². The second-order valence-electron chi connectivity index (χ2n) is 7.68. The minimum atomic E-state index is -3.16. The van der Waals surface area contributed by atoms with Gasteiger partial charge in [-0.15, -0.1) is 0 Å². The molecule has 0 spiro atoms. The van der Waals surface area contributed by atoms with E-state index in [9.17, 15) is 18.0 Å². The fraction of sp³-hybridized carbons (Fsp3) is 0.632. The number of carbonyl (C=O) groups excluding carboxylic acids is 2. The first-order valence-electron chi connectivity index (χ1n) is 9.49. The van der Waals surface area contributed by atoms with Crippen molar-refractivity contribution in [2.45, 2.75) is 38.0 Å². The van der Waals surface area contributed by atoms with Crippen LogP contribution in [-0.2, 0) is 30.7 Å². The number of piperidine rings is 1. The number of amides is 2. The van der Waals surface area contributed by atoms with Crippen molar-refractivity contribution >= 4 is 21.7 Å². The van der Waals surface area contributed by atoms with Crippen molar-refractivity contribution in [3.05, 3.63) is 30.1 Å². The molecule has 1 aromatic rings. The van der Waals surface area contributed by atoms with Crippen LogP contribution in [0.5, 0.6) is 0 Å². The Hall–Kier alpha value is -2.00. The van der Waals surface area contributed by atoms with E-state index in [4.69, 9.17) is 4.74 Å². The van der Waals surface area contributed by atoms with Crippen molar-refractivity contribution in [3.8, 4) is 0 Å². The quantitative estimate of drug-likeness (QED) is 0.678. The molecule has 0 bridgehead atoms. The molecule has 2 aliphatic rings. The minimum absolute atomic E-state index is 0.00854. The van der Waals surface area contributed by atoms with Gasteiger partial charge in [-0.2, -0.15) is 0 Å². The lowest BCUT2D eigenvalue weighted by Gasteiger charge is -2.34.